The SMILES string of the molecule is CCCn1ccnc1SCC(=O)Nc1cc(S(=O)(=O)N(C)C)ccc1C. The van der Waals surface area contributed by atoms with E-state index < -0.39 is 10.0 Å². The Balaban J connectivity index is 2.08. The van der Waals surface area contributed by atoms with Crippen LogP contribution in [0.1, 0.15) is 18.9 Å². The smallest absolute Gasteiger partial charge is 0.242 e. The van der Waals surface area contributed by atoms with Crippen molar-refractivity contribution < 1.29 is 13.2 Å². The Morgan fingerprint density at radius 1 is 1.35 bits per heavy atom. The van der Waals surface area contributed by atoms with Gasteiger partial charge in [0, 0.05) is 38.7 Å². The van der Waals surface area contributed by atoms with E-state index in [1.165, 1.54) is 38.0 Å². The van der Waals surface area contributed by atoms with E-state index in [9.17, 15) is 13.2 Å². The fourth-order valence-electron chi connectivity index (χ4n) is 2.27. The summed E-state index contributed by atoms with van der Waals surface area (Å²) in [7, 11) is -0.599. The molecular formula is C17H24N4O3S2. The third-order valence-corrected chi connectivity index (χ3v) is 6.55. The van der Waals surface area contributed by atoms with E-state index in [2.05, 4.69) is 17.2 Å². The van der Waals surface area contributed by atoms with Crippen LogP contribution in [0.15, 0.2) is 40.6 Å². The summed E-state index contributed by atoms with van der Waals surface area (Å²) >= 11 is 1.35. The van der Waals surface area contributed by atoms with Crippen LogP contribution >= 0.6 is 11.8 Å². The zero-order valence-electron chi connectivity index (χ0n) is 15.4. The first kappa shape index (κ1) is 20.5. The van der Waals surface area contributed by atoms with Gasteiger partial charge in [0.05, 0.1) is 10.6 Å². The van der Waals surface area contributed by atoms with Crippen LogP contribution in [0.3, 0.4) is 0 Å². The number of hydrogen-bond acceptors (Lipinski definition) is 5. The average Bonchev–Trinajstić information content (AvgIpc) is 3.02. The maximum atomic E-state index is 12.3. The number of carbonyl (C=O) groups excluding carboxylic acids is 1. The van der Waals surface area contributed by atoms with Crippen LogP contribution < -0.4 is 5.32 Å². The van der Waals surface area contributed by atoms with Gasteiger partial charge in [-0.15, -0.1) is 0 Å². The normalized spacial score (nSPS) is 11.7. The molecule has 0 saturated carbocycles. The number of imidazole rings is 1. The number of aromatic nitrogens is 2. The van der Waals surface area contributed by atoms with Crippen molar-refractivity contribution in [3.63, 3.8) is 0 Å². The first-order chi connectivity index (χ1) is 12.3. The Bertz CT molecular complexity index is 876. The largest absolute Gasteiger partial charge is 0.326 e. The zero-order valence-corrected chi connectivity index (χ0v) is 17.0. The summed E-state index contributed by atoms with van der Waals surface area (Å²) in [5.74, 6) is -0.00581. The van der Waals surface area contributed by atoms with E-state index in [-0.39, 0.29) is 16.6 Å². The topological polar surface area (TPSA) is 84.3 Å². The summed E-state index contributed by atoms with van der Waals surface area (Å²) < 4.78 is 27.7. The lowest BCUT2D eigenvalue weighted by Gasteiger charge is -2.14. The molecule has 0 atom stereocenters. The minimum atomic E-state index is -3.55. The molecule has 0 aliphatic carbocycles. The fourth-order valence-corrected chi connectivity index (χ4v) is 3.98. The van der Waals surface area contributed by atoms with Crippen LogP contribution in [0.25, 0.3) is 0 Å². The lowest BCUT2D eigenvalue weighted by molar-refractivity contribution is -0.113. The second-order valence-electron chi connectivity index (χ2n) is 6.00. The van der Waals surface area contributed by atoms with Crippen LogP contribution in [-0.4, -0.2) is 48.0 Å². The van der Waals surface area contributed by atoms with Gasteiger partial charge in [0.15, 0.2) is 5.16 Å². The van der Waals surface area contributed by atoms with Gasteiger partial charge in [0.1, 0.15) is 0 Å². The third-order valence-electron chi connectivity index (χ3n) is 3.74. The molecule has 1 heterocycles. The summed E-state index contributed by atoms with van der Waals surface area (Å²) in [6.45, 7) is 4.76. The molecule has 0 saturated heterocycles. The molecule has 142 valence electrons. The molecule has 0 unspecified atom stereocenters. The molecule has 9 heteroatoms. The van der Waals surface area contributed by atoms with Crippen LogP contribution in [0.2, 0.25) is 0 Å². The summed E-state index contributed by atoms with van der Waals surface area (Å²) in [5.41, 5.74) is 1.30. The van der Waals surface area contributed by atoms with Gasteiger partial charge in [-0.3, -0.25) is 4.79 Å². The summed E-state index contributed by atoms with van der Waals surface area (Å²) in [5, 5.41) is 3.59. The van der Waals surface area contributed by atoms with Gasteiger partial charge >= 0.3 is 0 Å². The third kappa shape index (κ3) is 4.87. The molecule has 0 aliphatic rings. The van der Waals surface area contributed by atoms with Crippen LogP contribution in [0, 0.1) is 6.92 Å². The predicted molar refractivity (Wildman–Crippen MR) is 104 cm³/mol. The monoisotopic (exact) mass is 396 g/mol. The number of nitrogens with zero attached hydrogens (tertiary/aromatic N) is 3. The highest BCUT2D eigenvalue weighted by Gasteiger charge is 2.18. The second kappa shape index (κ2) is 8.70. The van der Waals surface area contributed by atoms with Gasteiger partial charge in [-0.2, -0.15) is 0 Å². The lowest BCUT2D eigenvalue weighted by Crippen LogP contribution is -2.22. The molecule has 1 aromatic carbocycles. The van der Waals surface area contributed by atoms with Crippen LogP contribution in [0.5, 0.6) is 0 Å². The Kier molecular flexibility index (Phi) is 6.85. The molecule has 2 aromatic rings. The first-order valence-corrected chi connectivity index (χ1v) is 10.6. The number of benzene rings is 1. The van der Waals surface area contributed by atoms with Crippen molar-refractivity contribution in [3.8, 4) is 0 Å². The Morgan fingerprint density at radius 3 is 2.73 bits per heavy atom. The highest BCUT2D eigenvalue weighted by atomic mass is 32.2. The van der Waals surface area contributed by atoms with Gasteiger partial charge in [-0.25, -0.2) is 17.7 Å². The maximum absolute atomic E-state index is 12.3. The van der Waals surface area contributed by atoms with Gasteiger partial charge in [-0.1, -0.05) is 24.8 Å². The van der Waals surface area contributed by atoms with Crippen molar-refractivity contribution in [2.24, 2.45) is 0 Å². The highest BCUT2D eigenvalue weighted by molar-refractivity contribution is 7.99. The number of rotatable bonds is 8. The minimum absolute atomic E-state index is 0.148. The molecule has 1 N–H and O–H groups in total. The van der Waals surface area contributed by atoms with Crippen LogP contribution in [-0.2, 0) is 21.4 Å². The van der Waals surface area contributed by atoms with E-state index in [4.69, 9.17) is 0 Å². The number of nitrogens with one attached hydrogen (secondary N) is 1. The molecule has 1 aromatic heterocycles. The molecular weight excluding hydrogens is 372 g/mol. The van der Waals surface area contributed by atoms with Crippen LogP contribution in [0.4, 0.5) is 5.69 Å². The van der Waals surface area contributed by atoms with Crippen molar-refractivity contribution in [1.29, 1.82) is 0 Å². The van der Waals surface area contributed by atoms with E-state index >= 15 is 0 Å². The Hall–Kier alpha value is -1.84. The number of anilines is 1. The standard InChI is InChI=1S/C17H24N4O3S2/c1-5-9-21-10-8-18-17(21)25-12-16(22)19-15-11-14(7-6-13(15)2)26(23,24)20(3)4/h6-8,10-11H,5,9,12H2,1-4H3,(H,19,22). The second-order valence-corrected chi connectivity index (χ2v) is 9.10. The maximum Gasteiger partial charge on any atom is 0.242 e. The molecule has 0 aliphatic heterocycles. The number of amides is 1. The Labute approximate surface area is 158 Å². The van der Waals surface area contributed by atoms with Crippen molar-refractivity contribution >= 4 is 33.4 Å². The number of sulfonamides is 1. The van der Waals surface area contributed by atoms with Gasteiger partial charge < -0.3 is 9.88 Å². The van der Waals surface area contributed by atoms with Crippen molar-refractivity contribution in [1.82, 2.24) is 13.9 Å². The zero-order chi connectivity index (χ0) is 19.3. The molecule has 7 nitrogen and oxygen atoms in total. The molecule has 0 fully saturated rings. The molecule has 1 amide bonds. The number of hydrogen-bond donors (Lipinski definition) is 1. The van der Waals surface area contributed by atoms with Crippen molar-refractivity contribution in [3.05, 3.63) is 36.2 Å². The van der Waals surface area contributed by atoms with E-state index in [1.54, 1.807) is 12.3 Å². The number of thioether (sulfide) groups is 1. The van der Waals surface area contributed by atoms with Gasteiger partial charge in [-0.05, 0) is 31.0 Å². The quantitative estimate of drug-likeness (QED) is 0.693. The summed E-state index contributed by atoms with van der Waals surface area (Å²) in [4.78, 5) is 16.7. The van der Waals surface area contributed by atoms with E-state index in [0.717, 1.165) is 28.0 Å². The Morgan fingerprint density at radius 2 is 2.08 bits per heavy atom. The van der Waals surface area contributed by atoms with E-state index in [0.29, 0.717) is 5.69 Å². The molecule has 0 spiro atoms. The van der Waals surface area contributed by atoms with Gasteiger partial charge in [0.25, 0.3) is 0 Å². The fraction of sp³-hybridized carbons (Fsp3) is 0.412. The predicted octanol–water partition coefficient (Wildman–Crippen LogP) is 2.58. The van der Waals surface area contributed by atoms with Gasteiger partial charge in [0.2, 0.25) is 15.9 Å². The molecule has 0 bridgehead atoms. The lowest BCUT2D eigenvalue weighted by atomic mass is 10.2. The van der Waals surface area contributed by atoms with Crippen molar-refractivity contribution in [2.75, 3.05) is 25.2 Å². The molecule has 26 heavy (non-hydrogen) atoms. The van der Waals surface area contributed by atoms with E-state index in [1.807, 2.05) is 17.7 Å². The average molecular weight is 397 g/mol. The highest BCUT2D eigenvalue weighted by Crippen LogP contribution is 2.23. The first-order valence-electron chi connectivity index (χ1n) is 8.22. The molecule has 0 radical (unpaired) electrons. The molecule has 2 rings (SSSR count). The summed E-state index contributed by atoms with van der Waals surface area (Å²) in [6, 6.07) is 4.72. The van der Waals surface area contributed by atoms with Crippen molar-refractivity contribution in [2.45, 2.75) is 36.9 Å². The number of carbonyl (C=O) groups is 1. The summed E-state index contributed by atoms with van der Waals surface area (Å²) in [6.07, 6.45) is 4.60. The number of aryl methyl sites for hydroxylation is 2. The minimum Gasteiger partial charge on any atom is -0.326 e.